The maximum Gasteiger partial charge on any atom is 0.315 e. The summed E-state index contributed by atoms with van der Waals surface area (Å²) in [7, 11) is 0. The van der Waals surface area contributed by atoms with Gasteiger partial charge in [0, 0.05) is 11.1 Å². The van der Waals surface area contributed by atoms with Gasteiger partial charge in [0.05, 0.1) is 12.8 Å². The quantitative estimate of drug-likeness (QED) is 0.125. The molecule has 0 atom stereocenters. The highest BCUT2D eigenvalue weighted by atomic mass is 16.5. The summed E-state index contributed by atoms with van der Waals surface area (Å²) in [5.41, 5.74) is 11.4. The number of ether oxygens (including phenoxy) is 2. The minimum absolute atomic E-state index is 0.203. The molecule has 0 saturated heterocycles. The second kappa shape index (κ2) is 14.9. The number of hydrogen-bond donors (Lipinski definition) is 0. The summed E-state index contributed by atoms with van der Waals surface area (Å²) in [5.74, 6) is 0.567. The van der Waals surface area contributed by atoms with Crippen LogP contribution in [0.3, 0.4) is 0 Å². The highest BCUT2D eigenvalue weighted by Crippen LogP contribution is 2.47. The lowest BCUT2D eigenvalue weighted by Crippen LogP contribution is -2.17. The smallest absolute Gasteiger partial charge is 0.315 e. The number of hydrogen-bond acceptors (Lipinski definition) is 4. The molecule has 0 fully saturated rings. The van der Waals surface area contributed by atoms with E-state index in [0.717, 1.165) is 99.3 Å². The summed E-state index contributed by atoms with van der Waals surface area (Å²) in [6, 6.07) is 24.7. The highest BCUT2D eigenvalue weighted by Gasteiger charge is 2.28. The van der Waals surface area contributed by atoms with E-state index in [1.165, 1.54) is 33.4 Å². The predicted molar refractivity (Wildman–Crippen MR) is 185 cm³/mol. The van der Waals surface area contributed by atoms with E-state index in [-0.39, 0.29) is 24.8 Å². The van der Waals surface area contributed by atoms with Crippen molar-refractivity contribution >= 4 is 11.9 Å². The maximum absolute atomic E-state index is 13.5. The first kappa shape index (κ1) is 31.8. The molecule has 0 heterocycles. The summed E-state index contributed by atoms with van der Waals surface area (Å²) < 4.78 is 12.5. The van der Waals surface area contributed by atoms with Crippen molar-refractivity contribution in [1.29, 1.82) is 0 Å². The van der Waals surface area contributed by atoms with E-state index >= 15 is 0 Å². The fourth-order valence-electron chi connectivity index (χ4n) is 7.21. The number of fused-ring (bicyclic) bond motifs is 2. The molecule has 4 nitrogen and oxygen atoms in total. The van der Waals surface area contributed by atoms with Crippen LogP contribution in [0.1, 0.15) is 96.9 Å². The van der Waals surface area contributed by atoms with Crippen LogP contribution in [0.5, 0.6) is 11.5 Å². The second-order valence-electron chi connectivity index (χ2n) is 13.0. The molecule has 4 aromatic carbocycles. The zero-order valence-corrected chi connectivity index (χ0v) is 27.5. The van der Waals surface area contributed by atoms with E-state index in [1.54, 1.807) is 0 Å². The molecule has 2 aliphatic carbocycles. The average molecular weight is 615 g/mol. The summed E-state index contributed by atoms with van der Waals surface area (Å²) in [5, 5.41) is 0. The van der Waals surface area contributed by atoms with Gasteiger partial charge in [0.15, 0.2) is 0 Å². The largest absolute Gasteiger partial charge is 0.426 e. The fraction of sp³-hybridized carbons (Fsp3) is 0.381. The lowest BCUT2D eigenvalue weighted by molar-refractivity contribution is -0.134. The Morgan fingerprint density at radius 3 is 1.26 bits per heavy atom. The van der Waals surface area contributed by atoms with Crippen molar-refractivity contribution < 1.29 is 19.1 Å². The van der Waals surface area contributed by atoms with E-state index in [2.05, 4.69) is 50.2 Å². The van der Waals surface area contributed by atoms with E-state index in [4.69, 9.17) is 9.47 Å². The van der Waals surface area contributed by atoms with Crippen LogP contribution in [0, 0.1) is 0 Å². The Labute approximate surface area is 274 Å². The van der Waals surface area contributed by atoms with Gasteiger partial charge in [-0.1, -0.05) is 87.4 Å². The first-order valence-electron chi connectivity index (χ1n) is 17.4. The number of esters is 2. The Morgan fingerprint density at radius 2 is 0.870 bits per heavy atom. The van der Waals surface area contributed by atoms with Gasteiger partial charge in [-0.3, -0.25) is 9.59 Å². The number of rotatable bonds is 11. The van der Waals surface area contributed by atoms with Gasteiger partial charge in [0.1, 0.15) is 11.5 Å². The molecule has 0 bridgehead atoms. The molecule has 6 rings (SSSR count). The molecule has 2 aliphatic rings. The van der Waals surface area contributed by atoms with Crippen molar-refractivity contribution in [2.24, 2.45) is 0 Å². The van der Waals surface area contributed by atoms with Crippen molar-refractivity contribution in [3.63, 3.8) is 0 Å². The third kappa shape index (κ3) is 7.44. The number of carbonyl (C=O) groups is 2. The number of carbonyl (C=O) groups excluding carboxylic acids is 2. The SMILES string of the molecule is CCCc1ccc(CC(=O)Oc2ccc3c(c2-c2c(OC(=O)Cc4ccc(CCC)cc4)ccc4c2CCCC4)CCCC3)cc1. The minimum Gasteiger partial charge on any atom is -0.426 e. The molecule has 4 heteroatoms. The summed E-state index contributed by atoms with van der Waals surface area (Å²) in [6.45, 7) is 4.34. The Bertz CT molecular complexity index is 1550. The molecule has 0 spiro atoms. The van der Waals surface area contributed by atoms with Gasteiger partial charge < -0.3 is 9.47 Å². The lowest BCUT2D eigenvalue weighted by Gasteiger charge is -2.27. The minimum atomic E-state index is -0.282. The molecule has 0 amide bonds. The van der Waals surface area contributed by atoms with Crippen LogP contribution in [-0.4, -0.2) is 11.9 Å². The fourth-order valence-corrected chi connectivity index (χ4v) is 7.21. The third-order valence-corrected chi connectivity index (χ3v) is 9.51. The topological polar surface area (TPSA) is 52.6 Å². The molecule has 0 aliphatic heterocycles. The number of aryl methyl sites for hydroxylation is 4. The zero-order chi connectivity index (χ0) is 31.9. The molecular formula is C42H46O4. The predicted octanol–water partition coefficient (Wildman–Crippen LogP) is 9.31. The van der Waals surface area contributed by atoms with Crippen molar-refractivity contribution in [2.45, 2.75) is 104 Å². The van der Waals surface area contributed by atoms with Gasteiger partial charge in [0.25, 0.3) is 0 Å². The zero-order valence-electron chi connectivity index (χ0n) is 27.5. The van der Waals surface area contributed by atoms with Crippen LogP contribution in [0.25, 0.3) is 11.1 Å². The molecular weight excluding hydrogens is 568 g/mol. The Morgan fingerprint density at radius 1 is 0.500 bits per heavy atom. The van der Waals surface area contributed by atoms with E-state index < -0.39 is 0 Å². The average Bonchev–Trinajstić information content (AvgIpc) is 3.07. The molecule has 46 heavy (non-hydrogen) atoms. The van der Waals surface area contributed by atoms with Gasteiger partial charge in [-0.15, -0.1) is 0 Å². The Balaban J connectivity index is 1.35. The first-order valence-corrected chi connectivity index (χ1v) is 17.4. The van der Waals surface area contributed by atoms with Gasteiger partial charge in [-0.05, 0) is 121 Å². The van der Waals surface area contributed by atoms with Crippen LogP contribution in [0.4, 0.5) is 0 Å². The summed E-state index contributed by atoms with van der Waals surface area (Å²) in [4.78, 5) is 26.9. The van der Waals surface area contributed by atoms with Crippen LogP contribution < -0.4 is 9.47 Å². The highest BCUT2D eigenvalue weighted by molar-refractivity contribution is 5.88. The third-order valence-electron chi connectivity index (χ3n) is 9.51. The van der Waals surface area contributed by atoms with Crippen LogP contribution in [0.15, 0.2) is 72.8 Å². The molecule has 0 radical (unpaired) electrons. The van der Waals surface area contributed by atoms with Crippen LogP contribution in [0.2, 0.25) is 0 Å². The van der Waals surface area contributed by atoms with E-state index in [1.807, 2.05) is 36.4 Å². The molecule has 0 N–H and O–H groups in total. The Hall–Kier alpha value is -4.18. The maximum atomic E-state index is 13.5. The van der Waals surface area contributed by atoms with E-state index in [0.29, 0.717) is 11.5 Å². The monoisotopic (exact) mass is 614 g/mol. The first-order chi connectivity index (χ1) is 22.5. The number of benzene rings is 4. The van der Waals surface area contributed by atoms with Crippen molar-refractivity contribution in [1.82, 2.24) is 0 Å². The molecule has 0 unspecified atom stereocenters. The van der Waals surface area contributed by atoms with Crippen molar-refractivity contribution in [2.75, 3.05) is 0 Å². The van der Waals surface area contributed by atoms with Gasteiger partial charge in [-0.2, -0.15) is 0 Å². The Kier molecular flexibility index (Phi) is 10.3. The van der Waals surface area contributed by atoms with Crippen LogP contribution in [-0.2, 0) is 61.0 Å². The summed E-state index contributed by atoms with van der Waals surface area (Å²) >= 11 is 0. The molecule has 0 saturated carbocycles. The standard InChI is InChI=1S/C42H46O4/c1-3-9-29-15-19-31(20-16-29)27-39(43)45-37-25-23-33-11-5-7-13-35(33)41(37)42-36-14-8-6-12-34(36)24-26-38(42)46-40(44)28-32-21-17-30(10-4-2)18-22-32/h15-26H,3-14,27-28H2,1-2H3. The van der Waals surface area contributed by atoms with Crippen LogP contribution >= 0.6 is 0 Å². The van der Waals surface area contributed by atoms with Gasteiger partial charge in [-0.25, -0.2) is 0 Å². The second-order valence-corrected chi connectivity index (χ2v) is 13.0. The van der Waals surface area contributed by atoms with Gasteiger partial charge in [0.2, 0.25) is 0 Å². The van der Waals surface area contributed by atoms with Crippen molar-refractivity contribution in [3.8, 4) is 22.6 Å². The molecule has 4 aromatic rings. The van der Waals surface area contributed by atoms with E-state index in [9.17, 15) is 9.59 Å². The van der Waals surface area contributed by atoms with Gasteiger partial charge >= 0.3 is 11.9 Å². The summed E-state index contributed by atoms with van der Waals surface area (Å²) in [6.07, 6.45) is 12.9. The van der Waals surface area contributed by atoms with Crippen molar-refractivity contribution in [3.05, 3.63) is 117 Å². The lowest BCUT2D eigenvalue weighted by atomic mass is 9.80. The normalized spacial score (nSPS) is 13.9. The molecule has 0 aromatic heterocycles. The molecule has 238 valence electrons.